The van der Waals surface area contributed by atoms with Crippen LogP contribution in [0, 0.1) is 5.92 Å². The Morgan fingerprint density at radius 3 is 2.71 bits per heavy atom. The number of amides is 2. The van der Waals surface area contributed by atoms with Crippen LogP contribution in [0.1, 0.15) is 37.8 Å². The van der Waals surface area contributed by atoms with Gasteiger partial charge in [0.2, 0.25) is 11.8 Å². The molecule has 1 aromatic rings. The lowest BCUT2D eigenvalue weighted by molar-refractivity contribution is -0.148. The Kier molecular flexibility index (Phi) is 4.51. The van der Waals surface area contributed by atoms with Crippen LogP contribution in [0.2, 0.25) is 0 Å². The van der Waals surface area contributed by atoms with Crippen molar-refractivity contribution in [3.05, 3.63) is 30.1 Å². The first kappa shape index (κ1) is 16.4. The summed E-state index contributed by atoms with van der Waals surface area (Å²) >= 11 is 0. The van der Waals surface area contributed by atoms with E-state index in [4.69, 9.17) is 0 Å². The molecule has 0 aromatic carbocycles. The molecule has 1 aliphatic heterocycles. The molecule has 128 valence electrons. The van der Waals surface area contributed by atoms with Gasteiger partial charge in [-0.2, -0.15) is 0 Å². The minimum atomic E-state index is -1.16. The zero-order valence-electron chi connectivity index (χ0n) is 13.4. The summed E-state index contributed by atoms with van der Waals surface area (Å²) in [5.41, 5.74) is -0.390. The fourth-order valence-corrected chi connectivity index (χ4v) is 3.50. The minimum absolute atomic E-state index is 0.100. The average molecular weight is 331 g/mol. The quantitative estimate of drug-likeness (QED) is 0.836. The van der Waals surface area contributed by atoms with Crippen molar-refractivity contribution in [3.8, 4) is 0 Å². The number of carboxylic acids is 1. The molecule has 1 aliphatic carbocycles. The normalized spacial score (nSPS) is 22.6. The van der Waals surface area contributed by atoms with Gasteiger partial charge in [-0.05, 0) is 25.0 Å². The Morgan fingerprint density at radius 1 is 1.33 bits per heavy atom. The highest BCUT2D eigenvalue weighted by atomic mass is 16.4. The number of carbonyl (C=O) groups excluding carboxylic acids is 2. The van der Waals surface area contributed by atoms with E-state index >= 15 is 0 Å². The lowest BCUT2D eigenvalue weighted by Crippen LogP contribution is -2.54. The number of aliphatic carboxylic acids is 1. The lowest BCUT2D eigenvalue weighted by Gasteiger charge is -2.27. The fraction of sp³-hybridized carbons (Fsp3) is 0.529. The van der Waals surface area contributed by atoms with Crippen LogP contribution in [-0.2, 0) is 20.9 Å². The number of likely N-dealkylation sites (tertiary alicyclic amines) is 1. The summed E-state index contributed by atoms with van der Waals surface area (Å²) in [4.78, 5) is 42.0. The highest BCUT2D eigenvalue weighted by Crippen LogP contribution is 2.31. The molecule has 2 heterocycles. The van der Waals surface area contributed by atoms with Gasteiger partial charge in [0, 0.05) is 19.2 Å². The smallest absolute Gasteiger partial charge is 0.329 e. The van der Waals surface area contributed by atoms with E-state index in [-0.39, 0.29) is 18.2 Å². The highest BCUT2D eigenvalue weighted by Gasteiger charge is 2.45. The summed E-state index contributed by atoms with van der Waals surface area (Å²) in [5.74, 6) is -1.92. The number of hydrogen-bond acceptors (Lipinski definition) is 4. The summed E-state index contributed by atoms with van der Waals surface area (Å²) < 4.78 is 0. The molecule has 1 saturated heterocycles. The van der Waals surface area contributed by atoms with Crippen LogP contribution in [-0.4, -0.2) is 44.9 Å². The van der Waals surface area contributed by atoms with Crippen LogP contribution < -0.4 is 5.32 Å². The molecular weight excluding hydrogens is 310 g/mol. The van der Waals surface area contributed by atoms with Crippen molar-refractivity contribution >= 4 is 17.8 Å². The standard InChI is InChI=1S/C17H21N3O4/c21-14-9-12(10-20(14)11-13-5-1-4-8-18-13)15(22)19-17(16(23)24)6-2-3-7-17/h1,4-5,8,12H,2-3,6-7,9-11H2,(H,19,22)(H,23,24). The predicted molar refractivity (Wildman–Crippen MR) is 84.7 cm³/mol. The van der Waals surface area contributed by atoms with Crippen molar-refractivity contribution in [2.75, 3.05) is 6.54 Å². The Hall–Kier alpha value is -2.44. The van der Waals surface area contributed by atoms with E-state index in [9.17, 15) is 19.5 Å². The molecule has 2 amide bonds. The molecule has 0 radical (unpaired) electrons. The number of carbonyl (C=O) groups is 3. The second kappa shape index (κ2) is 6.59. The van der Waals surface area contributed by atoms with Crippen molar-refractivity contribution < 1.29 is 19.5 Å². The maximum Gasteiger partial charge on any atom is 0.329 e. The molecule has 1 saturated carbocycles. The molecular formula is C17H21N3O4. The second-order valence-corrected chi connectivity index (χ2v) is 6.58. The van der Waals surface area contributed by atoms with Crippen LogP contribution in [0.25, 0.3) is 0 Å². The van der Waals surface area contributed by atoms with Crippen molar-refractivity contribution in [1.82, 2.24) is 15.2 Å². The molecule has 0 spiro atoms. The number of hydrogen-bond donors (Lipinski definition) is 2. The maximum absolute atomic E-state index is 12.5. The summed E-state index contributed by atoms with van der Waals surface area (Å²) in [7, 11) is 0. The van der Waals surface area contributed by atoms with Crippen LogP contribution in [0.3, 0.4) is 0 Å². The molecule has 0 bridgehead atoms. The summed E-state index contributed by atoms with van der Waals surface area (Å²) in [6.45, 7) is 0.671. The SMILES string of the molecule is O=C(NC1(C(=O)O)CCCC1)C1CC(=O)N(Cc2ccccn2)C1. The number of nitrogens with one attached hydrogen (secondary N) is 1. The van der Waals surface area contributed by atoms with E-state index in [2.05, 4.69) is 10.3 Å². The van der Waals surface area contributed by atoms with Crippen molar-refractivity contribution in [2.45, 2.75) is 44.2 Å². The van der Waals surface area contributed by atoms with Crippen molar-refractivity contribution in [2.24, 2.45) is 5.92 Å². The maximum atomic E-state index is 12.5. The Morgan fingerprint density at radius 2 is 2.08 bits per heavy atom. The van der Waals surface area contributed by atoms with Gasteiger partial charge in [-0.1, -0.05) is 18.9 Å². The molecule has 3 rings (SSSR count). The number of rotatable bonds is 5. The van der Waals surface area contributed by atoms with Crippen molar-refractivity contribution in [1.29, 1.82) is 0 Å². The van der Waals surface area contributed by atoms with E-state index < -0.39 is 17.4 Å². The topological polar surface area (TPSA) is 99.6 Å². The van der Waals surface area contributed by atoms with Crippen LogP contribution >= 0.6 is 0 Å². The largest absolute Gasteiger partial charge is 0.480 e. The van der Waals surface area contributed by atoms with Gasteiger partial charge >= 0.3 is 5.97 Å². The highest BCUT2D eigenvalue weighted by molar-refractivity contribution is 5.92. The number of carboxylic acid groups (broad SMARTS) is 1. The number of pyridine rings is 1. The van der Waals surface area contributed by atoms with E-state index in [1.54, 1.807) is 17.2 Å². The van der Waals surface area contributed by atoms with Gasteiger partial charge < -0.3 is 15.3 Å². The Bertz CT molecular complexity index is 640. The zero-order valence-corrected chi connectivity index (χ0v) is 13.4. The summed E-state index contributed by atoms with van der Waals surface area (Å²) in [5, 5.41) is 12.2. The van der Waals surface area contributed by atoms with E-state index in [0.717, 1.165) is 18.5 Å². The van der Waals surface area contributed by atoms with Gasteiger partial charge in [0.25, 0.3) is 0 Å². The summed E-state index contributed by atoms with van der Waals surface area (Å²) in [6.07, 6.45) is 4.27. The van der Waals surface area contributed by atoms with Gasteiger partial charge in [0.05, 0.1) is 18.2 Å². The number of nitrogens with zero attached hydrogens (tertiary/aromatic N) is 2. The second-order valence-electron chi connectivity index (χ2n) is 6.58. The fourth-order valence-electron chi connectivity index (χ4n) is 3.50. The van der Waals surface area contributed by atoms with E-state index in [1.165, 1.54) is 0 Å². The Balaban J connectivity index is 1.62. The average Bonchev–Trinajstić information content (AvgIpc) is 3.17. The lowest BCUT2D eigenvalue weighted by atomic mass is 9.96. The minimum Gasteiger partial charge on any atom is -0.480 e. The monoisotopic (exact) mass is 331 g/mol. The van der Waals surface area contributed by atoms with E-state index in [0.29, 0.717) is 25.9 Å². The Labute approximate surface area is 140 Å². The zero-order chi connectivity index (χ0) is 17.2. The molecule has 1 atom stereocenters. The van der Waals surface area contributed by atoms with E-state index in [1.807, 2.05) is 12.1 Å². The number of aromatic nitrogens is 1. The summed E-state index contributed by atoms with van der Waals surface area (Å²) in [6, 6.07) is 5.49. The van der Waals surface area contributed by atoms with Gasteiger partial charge in [-0.3, -0.25) is 14.6 Å². The molecule has 24 heavy (non-hydrogen) atoms. The van der Waals surface area contributed by atoms with Crippen LogP contribution in [0.4, 0.5) is 0 Å². The van der Waals surface area contributed by atoms with Gasteiger partial charge in [0.1, 0.15) is 5.54 Å². The van der Waals surface area contributed by atoms with Crippen molar-refractivity contribution in [3.63, 3.8) is 0 Å². The molecule has 2 aliphatic rings. The molecule has 2 fully saturated rings. The van der Waals surface area contributed by atoms with Gasteiger partial charge in [0.15, 0.2) is 0 Å². The third-order valence-electron chi connectivity index (χ3n) is 4.89. The first-order chi connectivity index (χ1) is 11.5. The third kappa shape index (κ3) is 3.25. The van der Waals surface area contributed by atoms with Gasteiger partial charge in [-0.15, -0.1) is 0 Å². The van der Waals surface area contributed by atoms with Gasteiger partial charge in [-0.25, -0.2) is 4.79 Å². The van der Waals surface area contributed by atoms with Crippen LogP contribution in [0.5, 0.6) is 0 Å². The molecule has 2 N–H and O–H groups in total. The van der Waals surface area contributed by atoms with Crippen LogP contribution in [0.15, 0.2) is 24.4 Å². The molecule has 1 aromatic heterocycles. The molecule has 7 nitrogen and oxygen atoms in total. The third-order valence-corrected chi connectivity index (χ3v) is 4.89. The molecule has 1 unspecified atom stereocenters. The first-order valence-corrected chi connectivity index (χ1v) is 8.23. The first-order valence-electron chi connectivity index (χ1n) is 8.23. The molecule has 7 heteroatoms. The predicted octanol–water partition coefficient (Wildman–Crippen LogP) is 0.944.